The van der Waals surface area contributed by atoms with E-state index in [0.29, 0.717) is 6.42 Å². The zero-order valence-electron chi connectivity index (χ0n) is 10.5. The molecule has 0 aliphatic carbocycles. The van der Waals surface area contributed by atoms with E-state index in [9.17, 15) is 9.18 Å². The summed E-state index contributed by atoms with van der Waals surface area (Å²) < 4.78 is 12.9. The molecule has 2 nitrogen and oxygen atoms in total. The summed E-state index contributed by atoms with van der Waals surface area (Å²) in [4.78, 5) is 11.2. The molecule has 80 valence electrons. The Balaban J connectivity index is 0.00000128. The van der Waals surface area contributed by atoms with Gasteiger partial charge in [0.15, 0.2) is 5.78 Å². The number of rotatable bonds is 1. The summed E-state index contributed by atoms with van der Waals surface area (Å²) in [5, 5.41) is 3.10. The number of hydrogen-bond donors (Lipinski definition) is 1. The van der Waals surface area contributed by atoms with Crippen LogP contribution in [0.4, 0.5) is 4.39 Å². The number of aryl methyl sites for hydroxylation is 1. The third-order valence-electron chi connectivity index (χ3n) is 2.58. The summed E-state index contributed by atoms with van der Waals surface area (Å²) in [6.07, 6.45) is 3.61. The maximum absolute atomic E-state index is 12.9. The van der Waals surface area contributed by atoms with Crippen molar-refractivity contribution in [2.75, 3.05) is 0 Å². The molecule has 0 bridgehead atoms. The van der Waals surface area contributed by atoms with Crippen molar-refractivity contribution in [2.24, 2.45) is 0 Å². The van der Waals surface area contributed by atoms with Crippen molar-refractivity contribution in [1.82, 2.24) is 5.32 Å². The predicted molar refractivity (Wildman–Crippen MR) is 56.9 cm³/mol. The molecule has 4 heteroatoms. The molecule has 2 rings (SSSR count). The first-order valence-electron chi connectivity index (χ1n) is 4.88. The van der Waals surface area contributed by atoms with Crippen molar-refractivity contribution >= 4 is 5.78 Å². The molecule has 0 amide bonds. The molecule has 1 N–H and O–H groups in total. The second kappa shape index (κ2) is 5.62. The second-order valence-corrected chi connectivity index (χ2v) is 3.72. The maximum atomic E-state index is 12.9. The van der Waals surface area contributed by atoms with Gasteiger partial charge in [-0.3, -0.25) is 4.79 Å². The molecular weight excluding hydrogens is 216 g/mol. The van der Waals surface area contributed by atoms with Crippen LogP contribution in [0.15, 0.2) is 30.5 Å². The normalized spacial score (nSPS) is 18.9. The number of benzene rings is 1. The largest absolute Gasteiger partial charge is 1.00 e. The quantitative estimate of drug-likeness (QED) is 0.650. The van der Waals surface area contributed by atoms with Crippen LogP contribution in [0.2, 0.25) is 0 Å². The van der Waals surface area contributed by atoms with Crippen molar-refractivity contribution in [2.45, 2.75) is 19.4 Å². The van der Waals surface area contributed by atoms with Gasteiger partial charge in [-0.2, -0.15) is 0 Å². The van der Waals surface area contributed by atoms with Gasteiger partial charge in [0.2, 0.25) is 0 Å². The summed E-state index contributed by atoms with van der Waals surface area (Å²) in [7, 11) is 0. The standard InChI is InChI=1S/C12H12FNO.Na.H/c1-8-6-9(13)2-3-11(8)12-7-10(15)4-5-14-12;;/h2-6,12,14H,7H2,1H3;;/q;+1;-1. The van der Waals surface area contributed by atoms with Gasteiger partial charge < -0.3 is 6.74 Å². The number of halogens is 1. The van der Waals surface area contributed by atoms with Crippen LogP contribution in [0.25, 0.3) is 0 Å². The Morgan fingerprint density at radius 1 is 1.50 bits per heavy atom. The first-order valence-corrected chi connectivity index (χ1v) is 4.88. The van der Waals surface area contributed by atoms with Crippen LogP contribution in [0.1, 0.15) is 25.0 Å². The van der Waals surface area contributed by atoms with Crippen molar-refractivity contribution in [3.63, 3.8) is 0 Å². The second-order valence-electron chi connectivity index (χ2n) is 3.72. The monoisotopic (exact) mass is 229 g/mol. The van der Waals surface area contributed by atoms with Crippen molar-refractivity contribution in [3.05, 3.63) is 47.4 Å². The Hall–Kier alpha value is -0.640. The molecule has 16 heavy (non-hydrogen) atoms. The molecule has 0 fully saturated rings. The Bertz CT molecular complexity index is 437. The van der Waals surface area contributed by atoms with E-state index < -0.39 is 0 Å². The van der Waals surface area contributed by atoms with E-state index in [1.807, 2.05) is 6.92 Å². The fraction of sp³-hybridized carbons (Fsp3) is 0.250. The molecule has 0 spiro atoms. The van der Waals surface area contributed by atoms with Crippen LogP contribution in [0.3, 0.4) is 0 Å². The zero-order chi connectivity index (χ0) is 10.8. The van der Waals surface area contributed by atoms with Crippen molar-refractivity contribution in [1.29, 1.82) is 0 Å². The molecule has 0 radical (unpaired) electrons. The number of carbonyl (C=O) groups excluding carboxylic acids is 1. The zero-order valence-corrected chi connectivity index (χ0v) is 11.5. The summed E-state index contributed by atoms with van der Waals surface area (Å²) >= 11 is 0. The molecule has 1 heterocycles. The Morgan fingerprint density at radius 3 is 2.88 bits per heavy atom. The number of nitrogens with one attached hydrogen (secondary N) is 1. The van der Waals surface area contributed by atoms with Gasteiger partial charge in [-0.25, -0.2) is 4.39 Å². The molecule has 1 aliphatic rings. The summed E-state index contributed by atoms with van der Waals surface area (Å²) in [6.45, 7) is 1.85. The first kappa shape index (κ1) is 13.4. The molecule has 1 aliphatic heterocycles. The predicted octanol–water partition coefficient (Wildman–Crippen LogP) is -0.632. The van der Waals surface area contributed by atoms with Gasteiger partial charge in [-0.05, 0) is 36.3 Å². The van der Waals surface area contributed by atoms with Gasteiger partial charge in [-0.1, -0.05) is 6.07 Å². The first-order chi connectivity index (χ1) is 7.16. The maximum Gasteiger partial charge on any atom is 1.00 e. The Kier molecular flexibility index (Phi) is 4.71. The molecule has 1 atom stereocenters. The summed E-state index contributed by atoms with van der Waals surface area (Å²) in [6, 6.07) is 4.62. The van der Waals surface area contributed by atoms with E-state index in [4.69, 9.17) is 0 Å². The average Bonchev–Trinajstić information content (AvgIpc) is 2.17. The Labute approximate surface area is 118 Å². The van der Waals surface area contributed by atoms with Crippen LogP contribution in [0.5, 0.6) is 0 Å². The van der Waals surface area contributed by atoms with Crippen molar-refractivity contribution < 1.29 is 40.2 Å². The van der Waals surface area contributed by atoms with Crippen LogP contribution >= 0.6 is 0 Å². The van der Waals surface area contributed by atoms with Crippen LogP contribution in [0, 0.1) is 12.7 Å². The fourth-order valence-corrected chi connectivity index (χ4v) is 1.82. The third kappa shape index (κ3) is 2.94. The Morgan fingerprint density at radius 2 is 2.25 bits per heavy atom. The summed E-state index contributed by atoms with van der Waals surface area (Å²) in [5.74, 6) is -0.142. The van der Waals surface area contributed by atoms with Gasteiger partial charge >= 0.3 is 29.6 Å². The fourth-order valence-electron chi connectivity index (χ4n) is 1.82. The van der Waals surface area contributed by atoms with E-state index in [1.165, 1.54) is 18.2 Å². The number of carbonyl (C=O) groups is 1. The minimum atomic E-state index is -0.242. The van der Waals surface area contributed by atoms with Gasteiger partial charge in [0, 0.05) is 12.6 Å². The molecule has 1 aromatic carbocycles. The van der Waals surface area contributed by atoms with Crippen molar-refractivity contribution in [3.8, 4) is 0 Å². The minimum absolute atomic E-state index is 0. The molecule has 0 saturated carbocycles. The van der Waals surface area contributed by atoms with E-state index in [-0.39, 0.29) is 48.6 Å². The number of hydrogen-bond acceptors (Lipinski definition) is 2. The summed E-state index contributed by atoms with van der Waals surface area (Å²) in [5.41, 5.74) is 1.85. The van der Waals surface area contributed by atoms with Crippen LogP contribution in [-0.2, 0) is 4.79 Å². The van der Waals surface area contributed by atoms with Gasteiger partial charge in [0.1, 0.15) is 5.82 Å². The molecule has 0 saturated heterocycles. The molecule has 1 aromatic rings. The average molecular weight is 229 g/mol. The number of ketones is 1. The molecule has 0 aromatic heterocycles. The van der Waals surface area contributed by atoms with Gasteiger partial charge in [0.25, 0.3) is 0 Å². The minimum Gasteiger partial charge on any atom is -1.00 e. The van der Waals surface area contributed by atoms with E-state index in [2.05, 4.69) is 5.32 Å². The molecule has 1 unspecified atom stereocenters. The number of allylic oxidation sites excluding steroid dienone is 1. The van der Waals surface area contributed by atoms with E-state index >= 15 is 0 Å². The third-order valence-corrected chi connectivity index (χ3v) is 2.58. The van der Waals surface area contributed by atoms with Crippen LogP contribution in [-0.4, -0.2) is 5.78 Å². The topological polar surface area (TPSA) is 29.1 Å². The van der Waals surface area contributed by atoms with Crippen LogP contribution < -0.4 is 34.9 Å². The SMILES string of the molecule is Cc1cc(F)ccc1C1CC(=O)C=CN1.[H-].[Na+]. The van der Waals surface area contributed by atoms with Gasteiger partial charge in [0.05, 0.1) is 6.04 Å². The van der Waals surface area contributed by atoms with E-state index in [0.717, 1.165) is 11.1 Å². The van der Waals surface area contributed by atoms with Gasteiger partial charge in [-0.15, -0.1) is 0 Å². The molecular formula is C12H13FNNaO. The smallest absolute Gasteiger partial charge is 1.00 e. The van der Waals surface area contributed by atoms with E-state index in [1.54, 1.807) is 12.3 Å².